The summed E-state index contributed by atoms with van der Waals surface area (Å²) in [6.07, 6.45) is 5.55. The maximum atomic E-state index is 15.2. The summed E-state index contributed by atoms with van der Waals surface area (Å²) in [6, 6.07) is 7.74. The van der Waals surface area contributed by atoms with Gasteiger partial charge in [0, 0.05) is 42.0 Å². The molecule has 0 bridgehead atoms. The molecular formula is C29H27FN8O4. The van der Waals surface area contributed by atoms with Gasteiger partial charge in [0.15, 0.2) is 5.82 Å². The van der Waals surface area contributed by atoms with E-state index >= 15 is 4.39 Å². The molecule has 0 unspecified atom stereocenters. The molecule has 4 heterocycles. The van der Waals surface area contributed by atoms with Crippen molar-refractivity contribution >= 4 is 28.4 Å². The third-order valence-electron chi connectivity index (χ3n) is 6.64. The first-order chi connectivity index (χ1) is 19.9. The van der Waals surface area contributed by atoms with Crippen LogP contribution in [0.15, 0.2) is 59.9 Å². The SMILES string of the molecule is CC(=O)Nc1ccc(-c2nn(-c3ccnc(-n4ncc5cc(C(C)(C)C)cc(F)c5c4=O)c3CO)cc2C(N)=O)cn1. The number of benzene rings is 1. The molecule has 1 aromatic carbocycles. The fourth-order valence-electron chi connectivity index (χ4n) is 4.52. The average molecular weight is 571 g/mol. The minimum absolute atomic E-state index is 0.0415. The van der Waals surface area contributed by atoms with E-state index in [1.165, 1.54) is 48.5 Å². The Bertz CT molecular complexity index is 1920. The monoisotopic (exact) mass is 570 g/mol. The fraction of sp³-hybridized carbons (Fsp3) is 0.207. The van der Waals surface area contributed by atoms with Crippen LogP contribution in [0.25, 0.3) is 33.5 Å². The first kappa shape index (κ1) is 28.2. The zero-order valence-corrected chi connectivity index (χ0v) is 23.2. The third-order valence-corrected chi connectivity index (χ3v) is 6.64. The van der Waals surface area contributed by atoms with Crippen LogP contribution in [0, 0.1) is 5.82 Å². The second-order valence-corrected chi connectivity index (χ2v) is 10.6. The van der Waals surface area contributed by atoms with Gasteiger partial charge in [-0.3, -0.25) is 14.4 Å². The second kappa shape index (κ2) is 10.6. The highest BCUT2D eigenvalue weighted by molar-refractivity contribution is 5.99. The van der Waals surface area contributed by atoms with Gasteiger partial charge < -0.3 is 16.2 Å². The number of halogens is 1. The number of nitrogens with two attached hydrogens (primary N) is 1. The summed E-state index contributed by atoms with van der Waals surface area (Å²) in [6.45, 7) is 6.57. The number of pyridine rings is 2. The number of anilines is 1. The minimum atomic E-state index is -0.764. The lowest BCUT2D eigenvalue weighted by atomic mass is 9.86. The molecule has 4 N–H and O–H groups in total. The molecule has 0 aliphatic rings. The van der Waals surface area contributed by atoms with E-state index in [2.05, 4.69) is 25.5 Å². The van der Waals surface area contributed by atoms with Crippen LogP contribution in [0.2, 0.25) is 0 Å². The molecule has 0 spiro atoms. The summed E-state index contributed by atoms with van der Waals surface area (Å²) < 4.78 is 17.5. The molecule has 12 nitrogen and oxygen atoms in total. The van der Waals surface area contributed by atoms with Crippen molar-refractivity contribution in [2.75, 3.05) is 5.32 Å². The molecule has 5 rings (SSSR count). The van der Waals surface area contributed by atoms with Gasteiger partial charge in [-0.05, 0) is 41.3 Å². The van der Waals surface area contributed by atoms with Gasteiger partial charge in [0.05, 0.1) is 29.4 Å². The first-order valence-corrected chi connectivity index (χ1v) is 12.8. The Morgan fingerprint density at radius 1 is 1.12 bits per heavy atom. The maximum absolute atomic E-state index is 15.2. The van der Waals surface area contributed by atoms with Crippen LogP contribution in [0.1, 0.15) is 49.2 Å². The highest BCUT2D eigenvalue weighted by atomic mass is 19.1. The van der Waals surface area contributed by atoms with E-state index in [1.54, 1.807) is 18.2 Å². The maximum Gasteiger partial charge on any atom is 0.283 e. The van der Waals surface area contributed by atoms with Gasteiger partial charge in [0.25, 0.3) is 11.5 Å². The quantitative estimate of drug-likeness (QED) is 0.280. The van der Waals surface area contributed by atoms with E-state index in [-0.39, 0.29) is 45.0 Å². The van der Waals surface area contributed by atoms with Crippen LogP contribution < -0.4 is 16.6 Å². The molecule has 0 saturated carbocycles. The lowest BCUT2D eigenvalue weighted by Crippen LogP contribution is -2.25. The van der Waals surface area contributed by atoms with E-state index in [4.69, 9.17) is 5.73 Å². The zero-order valence-electron chi connectivity index (χ0n) is 23.2. The molecular weight excluding hydrogens is 543 g/mol. The number of carbonyl (C=O) groups excluding carboxylic acids is 2. The number of nitrogens with one attached hydrogen (secondary N) is 1. The number of nitrogens with zero attached hydrogens (tertiary/aromatic N) is 6. The summed E-state index contributed by atoms with van der Waals surface area (Å²) >= 11 is 0. The number of aliphatic hydroxyl groups is 1. The Morgan fingerprint density at radius 3 is 2.50 bits per heavy atom. The number of rotatable bonds is 6. The van der Waals surface area contributed by atoms with E-state index in [0.29, 0.717) is 22.3 Å². The summed E-state index contributed by atoms with van der Waals surface area (Å²) in [5, 5.41) is 21.8. The Morgan fingerprint density at radius 2 is 1.88 bits per heavy atom. The Labute approximate surface area is 238 Å². The molecule has 0 fully saturated rings. The van der Waals surface area contributed by atoms with Gasteiger partial charge in [0.1, 0.15) is 17.3 Å². The van der Waals surface area contributed by atoms with Crippen molar-refractivity contribution in [1.29, 1.82) is 0 Å². The molecule has 0 aliphatic heterocycles. The first-order valence-electron chi connectivity index (χ1n) is 12.8. The lowest BCUT2D eigenvalue weighted by molar-refractivity contribution is -0.114. The van der Waals surface area contributed by atoms with Crippen LogP contribution in [-0.4, -0.2) is 46.4 Å². The van der Waals surface area contributed by atoms with Crippen molar-refractivity contribution in [2.24, 2.45) is 5.73 Å². The van der Waals surface area contributed by atoms with Gasteiger partial charge in [-0.2, -0.15) is 14.9 Å². The van der Waals surface area contributed by atoms with Crippen LogP contribution in [0.3, 0.4) is 0 Å². The van der Waals surface area contributed by atoms with Crippen molar-refractivity contribution in [3.05, 3.63) is 88.0 Å². The van der Waals surface area contributed by atoms with Crippen molar-refractivity contribution in [2.45, 2.75) is 39.7 Å². The minimum Gasteiger partial charge on any atom is -0.391 e. The summed E-state index contributed by atoms with van der Waals surface area (Å²) in [5.41, 5.74) is 6.35. The summed E-state index contributed by atoms with van der Waals surface area (Å²) in [7, 11) is 0. The number of hydrogen-bond acceptors (Lipinski definition) is 8. The number of aromatic nitrogens is 6. The van der Waals surface area contributed by atoms with Crippen LogP contribution in [0.4, 0.5) is 10.2 Å². The fourth-order valence-corrected chi connectivity index (χ4v) is 4.52. The van der Waals surface area contributed by atoms with Crippen LogP contribution in [-0.2, 0) is 16.8 Å². The molecule has 214 valence electrons. The van der Waals surface area contributed by atoms with E-state index in [0.717, 1.165) is 4.68 Å². The number of primary amides is 1. The van der Waals surface area contributed by atoms with E-state index in [9.17, 15) is 19.5 Å². The third kappa shape index (κ3) is 5.12. The molecule has 4 aromatic heterocycles. The van der Waals surface area contributed by atoms with Crippen LogP contribution >= 0.6 is 0 Å². The molecule has 0 saturated heterocycles. The number of hydrogen-bond donors (Lipinski definition) is 3. The largest absolute Gasteiger partial charge is 0.391 e. The molecule has 2 amide bonds. The van der Waals surface area contributed by atoms with Gasteiger partial charge in [-0.1, -0.05) is 20.8 Å². The highest BCUT2D eigenvalue weighted by Crippen LogP contribution is 2.28. The Kier molecular flexibility index (Phi) is 7.12. The van der Waals surface area contributed by atoms with Gasteiger partial charge in [0.2, 0.25) is 5.91 Å². The topological polar surface area (TPSA) is 171 Å². The van der Waals surface area contributed by atoms with Gasteiger partial charge in [-0.15, -0.1) is 0 Å². The second-order valence-electron chi connectivity index (χ2n) is 10.6. The van der Waals surface area contributed by atoms with Crippen molar-refractivity contribution in [1.82, 2.24) is 29.5 Å². The summed E-state index contributed by atoms with van der Waals surface area (Å²) in [5.74, 6) is -1.48. The van der Waals surface area contributed by atoms with Crippen molar-refractivity contribution in [3.63, 3.8) is 0 Å². The average Bonchev–Trinajstić information content (AvgIpc) is 3.38. The number of fused-ring (bicyclic) bond motifs is 1. The van der Waals surface area contributed by atoms with E-state index in [1.807, 2.05) is 20.8 Å². The molecule has 42 heavy (non-hydrogen) atoms. The Balaban J connectivity index is 1.64. The Hall–Kier alpha value is -5.30. The number of amides is 2. The number of carbonyl (C=O) groups is 2. The highest BCUT2D eigenvalue weighted by Gasteiger charge is 2.23. The van der Waals surface area contributed by atoms with Crippen LogP contribution in [0.5, 0.6) is 0 Å². The zero-order chi connectivity index (χ0) is 30.3. The molecule has 5 aromatic rings. The predicted molar refractivity (Wildman–Crippen MR) is 153 cm³/mol. The lowest BCUT2D eigenvalue weighted by Gasteiger charge is -2.20. The van der Waals surface area contributed by atoms with Crippen molar-refractivity contribution < 1.29 is 19.1 Å². The van der Waals surface area contributed by atoms with Gasteiger partial charge in [-0.25, -0.2) is 19.0 Å². The smallest absolute Gasteiger partial charge is 0.283 e. The normalized spacial score (nSPS) is 11.6. The van der Waals surface area contributed by atoms with Gasteiger partial charge >= 0.3 is 0 Å². The van der Waals surface area contributed by atoms with E-state index < -0.39 is 23.9 Å². The molecule has 0 atom stereocenters. The molecule has 0 radical (unpaired) electrons. The number of aliphatic hydroxyl groups excluding tert-OH is 1. The predicted octanol–water partition coefficient (Wildman–Crippen LogP) is 3.01. The molecule has 13 heteroatoms. The molecule has 0 aliphatic carbocycles. The summed E-state index contributed by atoms with van der Waals surface area (Å²) in [4.78, 5) is 45.5. The standard InChI is InChI=1S/C29H27FN8O4/c1-15(40)35-23-6-5-16(11-33-23)25-19(26(31)41)13-37(36-25)22-7-8-32-27(20(22)14-39)38-28(42)24-17(12-34-38)9-18(10-21(24)30)29(2,3)4/h5-13,39H,14H2,1-4H3,(H2,31,41)(H,33,35,40). The van der Waals surface area contributed by atoms with Crippen molar-refractivity contribution in [3.8, 4) is 22.8 Å².